The second kappa shape index (κ2) is 6.06. The number of hydrogen-bond donors (Lipinski definition) is 0. The van der Waals surface area contributed by atoms with Crippen molar-refractivity contribution in [3.8, 4) is 28.7 Å². The molecule has 28 heavy (non-hydrogen) atoms. The molecular formula is C24H19NO3. The number of aryl methyl sites for hydroxylation is 1. The van der Waals surface area contributed by atoms with Gasteiger partial charge in [-0.05, 0) is 48.7 Å². The smallest absolute Gasteiger partial charge is 0.231 e. The standard InChI is InChI=1S/C24H19NO3/c1-2-5-16(6-3-1)22-14-18-8-10-19(20-7-4-12-25(20)24(18)28-22)17-9-11-21-23(13-17)27-15-26-21/h1-7,9,11-14,19H,8,10,15H2. The monoisotopic (exact) mass is 369 g/mol. The first-order valence-corrected chi connectivity index (χ1v) is 9.62. The molecule has 2 aromatic carbocycles. The van der Waals surface area contributed by atoms with Crippen LogP contribution in [-0.4, -0.2) is 11.4 Å². The summed E-state index contributed by atoms with van der Waals surface area (Å²) in [4.78, 5) is 0. The van der Waals surface area contributed by atoms with Gasteiger partial charge in [0.15, 0.2) is 11.5 Å². The number of aromatic nitrogens is 1. The number of nitrogens with zero attached hydrogens (tertiary/aromatic N) is 1. The van der Waals surface area contributed by atoms with Crippen molar-refractivity contribution in [2.75, 3.05) is 6.79 Å². The molecule has 4 aromatic rings. The Balaban J connectivity index is 1.43. The largest absolute Gasteiger partial charge is 0.454 e. The Labute approximate surface area is 162 Å². The minimum Gasteiger partial charge on any atom is -0.454 e. The van der Waals surface area contributed by atoms with E-state index < -0.39 is 0 Å². The van der Waals surface area contributed by atoms with E-state index in [0.29, 0.717) is 6.79 Å². The van der Waals surface area contributed by atoms with E-state index in [1.165, 1.54) is 16.8 Å². The van der Waals surface area contributed by atoms with E-state index in [4.69, 9.17) is 13.9 Å². The van der Waals surface area contributed by atoms with Crippen LogP contribution in [-0.2, 0) is 6.42 Å². The van der Waals surface area contributed by atoms with E-state index in [1.807, 2.05) is 24.3 Å². The van der Waals surface area contributed by atoms with E-state index in [1.54, 1.807) is 0 Å². The zero-order chi connectivity index (χ0) is 18.5. The predicted molar refractivity (Wildman–Crippen MR) is 106 cm³/mol. The fraction of sp³-hybridized carbons (Fsp3) is 0.167. The molecule has 2 aliphatic rings. The Morgan fingerprint density at radius 3 is 2.68 bits per heavy atom. The van der Waals surface area contributed by atoms with Crippen LogP contribution >= 0.6 is 0 Å². The van der Waals surface area contributed by atoms with Gasteiger partial charge in [0.05, 0.1) is 0 Å². The lowest BCUT2D eigenvalue weighted by Gasteiger charge is -2.17. The quantitative estimate of drug-likeness (QED) is 0.465. The van der Waals surface area contributed by atoms with Gasteiger partial charge in [-0.3, -0.25) is 4.57 Å². The molecule has 2 aliphatic heterocycles. The molecule has 4 heterocycles. The van der Waals surface area contributed by atoms with Crippen molar-refractivity contribution >= 4 is 0 Å². The summed E-state index contributed by atoms with van der Waals surface area (Å²) in [6.45, 7) is 0.302. The topological polar surface area (TPSA) is 36.5 Å². The second-order valence-corrected chi connectivity index (χ2v) is 7.31. The van der Waals surface area contributed by atoms with Gasteiger partial charge in [0, 0.05) is 28.9 Å². The van der Waals surface area contributed by atoms with Crippen LogP contribution < -0.4 is 9.47 Å². The Kier molecular flexibility index (Phi) is 3.38. The van der Waals surface area contributed by atoms with Crippen molar-refractivity contribution in [1.82, 2.24) is 4.57 Å². The van der Waals surface area contributed by atoms with Crippen molar-refractivity contribution in [3.63, 3.8) is 0 Å². The van der Waals surface area contributed by atoms with Crippen LogP contribution in [0.25, 0.3) is 17.2 Å². The van der Waals surface area contributed by atoms with Gasteiger partial charge < -0.3 is 13.9 Å². The summed E-state index contributed by atoms with van der Waals surface area (Å²) in [6, 6.07) is 23.0. The Bertz CT molecular complexity index is 1160. The molecule has 0 radical (unpaired) electrons. The summed E-state index contributed by atoms with van der Waals surface area (Å²) in [5, 5.41) is 0. The third-order valence-corrected chi connectivity index (χ3v) is 5.70. The minimum absolute atomic E-state index is 0.285. The molecule has 1 atom stereocenters. The van der Waals surface area contributed by atoms with Gasteiger partial charge in [-0.25, -0.2) is 0 Å². The highest BCUT2D eigenvalue weighted by atomic mass is 16.7. The maximum Gasteiger partial charge on any atom is 0.231 e. The first kappa shape index (κ1) is 15.6. The number of ether oxygens (including phenoxy) is 2. The second-order valence-electron chi connectivity index (χ2n) is 7.31. The molecule has 6 rings (SSSR count). The lowest BCUT2D eigenvalue weighted by Crippen LogP contribution is -2.05. The molecule has 0 bridgehead atoms. The van der Waals surface area contributed by atoms with Crippen molar-refractivity contribution in [2.45, 2.75) is 18.8 Å². The number of rotatable bonds is 2. The molecule has 4 heteroatoms. The molecule has 0 amide bonds. The highest BCUT2D eigenvalue weighted by molar-refractivity contribution is 5.61. The maximum atomic E-state index is 6.33. The lowest BCUT2D eigenvalue weighted by atomic mass is 9.90. The average Bonchev–Trinajstić information content (AvgIpc) is 3.47. The number of benzene rings is 2. The third-order valence-electron chi connectivity index (χ3n) is 5.70. The van der Waals surface area contributed by atoms with Gasteiger partial charge in [0.1, 0.15) is 5.76 Å². The zero-order valence-electron chi connectivity index (χ0n) is 15.3. The zero-order valence-corrected chi connectivity index (χ0v) is 15.3. The molecule has 138 valence electrons. The van der Waals surface area contributed by atoms with E-state index in [9.17, 15) is 0 Å². The number of hydrogen-bond acceptors (Lipinski definition) is 3. The van der Waals surface area contributed by atoms with Gasteiger partial charge in [-0.2, -0.15) is 0 Å². The summed E-state index contributed by atoms with van der Waals surface area (Å²) in [7, 11) is 0. The normalized spacial score (nSPS) is 17.1. The Hall–Kier alpha value is -3.40. The molecule has 2 aromatic heterocycles. The molecule has 0 fully saturated rings. The van der Waals surface area contributed by atoms with Crippen LogP contribution in [0, 0.1) is 0 Å². The van der Waals surface area contributed by atoms with Crippen molar-refractivity contribution in [3.05, 3.63) is 89.7 Å². The van der Waals surface area contributed by atoms with Crippen LogP contribution in [0.1, 0.15) is 29.2 Å². The summed E-state index contributed by atoms with van der Waals surface area (Å²) in [5.41, 5.74) is 4.85. The molecule has 0 saturated heterocycles. The predicted octanol–water partition coefficient (Wildman–Crippen LogP) is 5.54. The minimum atomic E-state index is 0.285. The third kappa shape index (κ3) is 2.38. The van der Waals surface area contributed by atoms with E-state index in [-0.39, 0.29) is 5.92 Å². The fourth-order valence-corrected chi connectivity index (χ4v) is 4.32. The Morgan fingerprint density at radius 1 is 0.857 bits per heavy atom. The van der Waals surface area contributed by atoms with Gasteiger partial charge >= 0.3 is 0 Å². The van der Waals surface area contributed by atoms with E-state index in [2.05, 4.69) is 53.2 Å². The molecule has 0 spiro atoms. The van der Waals surface area contributed by atoms with Crippen LogP contribution in [0.15, 0.2) is 77.3 Å². The molecular weight excluding hydrogens is 350 g/mol. The highest BCUT2D eigenvalue weighted by Crippen LogP contribution is 2.42. The average molecular weight is 369 g/mol. The lowest BCUT2D eigenvalue weighted by molar-refractivity contribution is 0.174. The Morgan fingerprint density at radius 2 is 1.75 bits per heavy atom. The van der Waals surface area contributed by atoms with Gasteiger partial charge in [-0.1, -0.05) is 36.4 Å². The highest BCUT2D eigenvalue weighted by Gasteiger charge is 2.27. The van der Waals surface area contributed by atoms with Gasteiger partial charge in [0.25, 0.3) is 0 Å². The molecule has 0 aliphatic carbocycles. The summed E-state index contributed by atoms with van der Waals surface area (Å²) in [6.07, 6.45) is 4.08. The van der Waals surface area contributed by atoms with Crippen LogP contribution in [0.3, 0.4) is 0 Å². The van der Waals surface area contributed by atoms with Crippen molar-refractivity contribution in [2.24, 2.45) is 0 Å². The first-order chi connectivity index (χ1) is 13.9. The van der Waals surface area contributed by atoms with Gasteiger partial charge in [0.2, 0.25) is 12.7 Å². The fourth-order valence-electron chi connectivity index (χ4n) is 4.32. The number of furan rings is 1. The summed E-state index contributed by atoms with van der Waals surface area (Å²) in [5.74, 6) is 3.80. The van der Waals surface area contributed by atoms with Crippen LogP contribution in [0.4, 0.5) is 0 Å². The molecule has 1 unspecified atom stereocenters. The maximum absolute atomic E-state index is 6.33. The van der Waals surface area contributed by atoms with E-state index >= 15 is 0 Å². The molecule has 0 saturated carbocycles. The van der Waals surface area contributed by atoms with Crippen LogP contribution in [0.5, 0.6) is 11.5 Å². The van der Waals surface area contributed by atoms with Crippen LogP contribution in [0.2, 0.25) is 0 Å². The first-order valence-electron chi connectivity index (χ1n) is 9.62. The van der Waals surface area contributed by atoms with E-state index in [0.717, 1.165) is 41.5 Å². The van der Waals surface area contributed by atoms with Gasteiger partial charge in [-0.15, -0.1) is 0 Å². The molecule has 0 N–H and O–H groups in total. The summed E-state index contributed by atoms with van der Waals surface area (Å²) < 4.78 is 19.6. The van der Waals surface area contributed by atoms with Crippen molar-refractivity contribution < 1.29 is 13.9 Å². The van der Waals surface area contributed by atoms with Crippen molar-refractivity contribution in [1.29, 1.82) is 0 Å². The molecule has 4 nitrogen and oxygen atoms in total. The summed E-state index contributed by atoms with van der Waals surface area (Å²) >= 11 is 0. The SMILES string of the molecule is c1ccc(-c2cc3c(o2)-n2cccc2C(c2ccc4c(c2)OCO4)CC3)cc1. The number of fused-ring (bicyclic) bond motifs is 4.